The SMILES string of the molecule is COc1c(OC(C)=O)cc2oc(-c3ccccc3)cc(=O)c2c1OC(C)=O. The van der Waals surface area contributed by atoms with E-state index in [0.717, 1.165) is 0 Å². The number of carbonyl (C=O) groups is 2. The first-order valence-electron chi connectivity index (χ1n) is 8.01. The highest BCUT2D eigenvalue weighted by atomic mass is 16.6. The van der Waals surface area contributed by atoms with Crippen molar-refractivity contribution in [3.63, 3.8) is 0 Å². The summed E-state index contributed by atoms with van der Waals surface area (Å²) in [5.41, 5.74) is 0.351. The molecule has 2 aromatic carbocycles. The molecule has 0 spiro atoms. The van der Waals surface area contributed by atoms with E-state index >= 15 is 0 Å². The van der Waals surface area contributed by atoms with Crippen LogP contribution in [0.25, 0.3) is 22.3 Å². The molecule has 0 saturated carbocycles. The van der Waals surface area contributed by atoms with Gasteiger partial charge in [-0.2, -0.15) is 0 Å². The summed E-state index contributed by atoms with van der Waals surface area (Å²) in [4.78, 5) is 35.7. The Kier molecular flexibility index (Phi) is 4.94. The van der Waals surface area contributed by atoms with Gasteiger partial charge in [-0.1, -0.05) is 30.3 Å². The van der Waals surface area contributed by atoms with Crippen molar-refractivity contribution in [1.82, 2.24) is 0 Å². The number of hydrogen-bond acceptors (Lipinski definition) is 7. The molecular formula is C20H16O7. The summed E-state index contributed by atoms with van der Waals surface area (Å²) in [6.07, 6.45) is 0. The molecule has 0 aliphatic carbocycles. The van der Waals surface area contributed by atoms with Gasteiger partial charge < -0.3 is 18.6 Å². The van der Waals surface area contributed by atoms with Crippen LogP contribution in [0.2, 0.25) is 0 Å². The summed E-state index contributed by atoms with van der Waals surface area (Å²) >= 11 is 0. The van der Waals surface area contributed by atoms with Crippen LogP contribution in [-0.4, -0.2) is 19.0 Å². The van der Waals surface area contributed by atoms with Crippen molar-refractivity contribution < 1.29 is 28.2 Å². The third kappa shape index (κ3) is 3.67. The zero-order valence-corrected chi connectivity index (χ0v) is 14.9. The van der Waals surface area contributed by atoms with Crippen LogP contribution in [0.4, 0.5) is 0 Å². The average Bonchev–Trinajstić information content (AvgIpc) is 2.61. The largest absolute Gasteiger partial charge is 0.490 e. The maximum atomic E-state index is 12.8. The molecule has 0 atom stereocenters. The summed E-state index contributed by atoms with van der Waals surface area (Å²) in [6, 6.07) is 11.7. The van der Waals surface area contributed by atoms with Gasteiger partial charge in [-0.25, -0.2) is 0 Å². The maximum absolute atomic E-state index is 12.8. The minimum atomic E-state index is -0.666. The normalized spacial score (nSPS) is 10.5. The van der Waals surface area contributed by atoms with Gasteiger partial charge in [0.2, 0.25) is 5.75 Å². The highest BCUT2D eigenvalue weighted by Crippen LogP contribution is 2.43. The molecule has 0 aliphatic rings. The van der Waals surface area contributed by atoms with Gasteiger partial charge in [0.1, 0.15) is 16.7 Å². The molecule has 0 N–H and O–H groups in total. The summed E-state index contributed by atoms with van der Waals surface area (Å²) in [6.45, 7) is 2.40. The van der Waals surface area contributed by atoms with Gasteiger partial charge in [0.25, 0.3) is 0 Å². The first-order chi connectivity index (χ1) is 12.9. The second kappa shape index (κ2) is 7.33. The summed E-state index contributed by atoms with van der Waals surface area (Å²) in [5.74, 6) is -1.19. The summed E-state index contributed by atoms with van der Waals surface area (Å²) in [7, 11) is 1.31. The van der Waals surface area contributed by atoms with Crippen molar-refractivity contribution in [2.24, 2.45) is 0 Å². The number of esters is 2. The van der Waals surface area contributed by atoms with Crippen LogP contribution >= 0.6 is 0 Å². The fraction of sp³-hybridized carbons (Fsp3) is 0.150. The van der Waals surface area contributed by atoms with Crippen LogP contribution in [0.1, 0.15) is 13.8 Å². The number of benzene rings is 2. The second-order valence-electron chi connectivity index (χ2n) is 5.64. The van der Waals surface area contributed by atoms with Gasteiger partial charge in [-0.15, -0.1) is 0 Å². The maximum Gasteiger partial charge on any atom is 0.308 e. The van der Waals surface area contributed by atoms with E-state index in [-0.39, 0.29) is 28.2 Å². The molecule has 7 nitrogen and oxygen atoms in total. The molecule has 3 rings (SSSR count). The minimum Gasteiger partial charge on any atom is -0.490 e. The van der Waals surface area contributed by atoms with Gasteiger partial charge >= 0.3 is 11.9 Å². The average molecular weight is 368 g/mol. The highest BCUT2D eigenvalue weighted by molar-refractivity contribution is 5.93. The van der Waals surface area contributed by atoms with Crippen molar-refractivity contribution in [2.75, 3.05) is 7.11 Å². The Morgan fingerprint density at radius 3 is 2.19 bits per heavy atom. The molecule has 0 bridgehead atoms. The second-order valence-corrected chi connectivity index (χ2v) is 5.64. The Hall–Kier alpha value is -3.61. The van der Waals surface area contributed by atoms with Crippen LogP contribution in [-0.2, 0) is 9.59 Å². The standard InChI is InChI=1S/C20H16O7/c1-11(21)25-17-10-16-18(20(19(17)24-3)26-12(2)22)14(23)9-15(27-16)13-7-5-4-6-8-13/h4-10H,1-3H3. The van der Waals surface area contributed by atoms with Gasteiger partial charge in [-0.05, 0) is 0 Å². The number of rotatable bonds is 4. The highest BCUT2D eigenvalue weighted by Gasteiger charge is 2.23. The molecule has 0 saturated heterocycles. The van der Waals surface area contributed by atoms with E-state index in [1.807, 2.05) is 18.2 Å². The van der Waals surface area contributed by atoms with E-state index in [4.69, 9.17) is 18.6 Å². The first-order valence-corrected chi connectivity index (χ1v) is 8.01. The van der Waals surface area contributed by atoms with Crippen molar-refractivity contribution >= 4 is 22.9 Å². The Bertz CT molecular complexity index is 1080. The lowest BCUT2D eigenvalue weighted by molar-refractivity contribution is -0.132. The van der Waals surface area contributed by atoms with Crippen molar-refractivity contribution in [3.8, 4) is 28.6 Å². The molecule has 138 valence electrons. The van der Waals surface area contributed by atoms with E-state index in [1.54, 1.807) is 12.1 Å². The van der Waals surface area contributed by atoms with Crippen molar-refractivity contribution in [3.05, 3.63) is 52.7 Å². The Morgan fingerprint density at radius 2 is 1.59 bits per heavy atom. The number of carbonyl (C=O) groups excluding carboxylic acids is 2. The Morgan fingerprint density at radius 1 is 0.926 bits per heavy atom. The smallest absolute Gasteiger partial charge is 0.308 e. The van der Waals surface area contributed by atoms with Crippen LogP contribution in [0.5, 0.6) is 17.2 Å². The van der Waals surface area contributed by atoms with Gasteiger partial charge in [0, 0.05) is 31.5 Å². The molecule has 0 fully saturated rings. The quantitative estimate of drug-likeness (QED) is 0.515. The van der Waals surface area contributed by atoms with Crippen LogP contribution in [0, 0.1) is 0 Å². The number of methoxy groups -OCH3 is 1. The van der Waals surface area contributed by atoms with E-state index in [2.05, 4.69) is 0 Å². The monoisotopic (exact) mass is 368 g/mol. The lowest BCUT2D eigenvalue weighted by Crippen LogP contribution is -2.11. The molecule has 3 aromatic rings. The molecule has 0 amide bonds. The summed E-state index contributed by atoms with van der Waals surface area (Å²) in [5, 5.41) is 0.0117. The van der Waals surface area contributed by atoms with Crippen LogP contribution in [0.15, 0.2) is 51.7 Å². The number of hydrogen-bond donors (Lipinski definition) is 0. The lowest BCUT2D eigenvalue weighted by atomic mass is 10.1. The van der Waals surface area contributed by atoms with E-state index in [0.29, 0.717) is 11.3 Å². The van der Waals surface area contributed by atoms with Gasteiger partial charge in [0.15, 0.2) is 16.9 Å². The lowest BCUT2D eigenvalue weighted by Gasteiger charge is -2.15. The first kappa shape index (κ1) is 18.2. The van der Waals surface area contributed by atoms with Crippen molar-refractivity contribution in [1.29, 1.82) is 0 Å². The van der Waals surface area contributed by atoms with E-state index < -0.39 is 17.4 Å². The molecule has 7 heteroatoms. The molecule has 1 heterocycles. The Labute approximate surface area is 154 Å². The zero-order valence-electron chi connectivity index (χ0n) is 14.9. The molecule has 0 aliphatic heterocycles. The van der Waals surface area contributed by atoms with Crippen LogP contribution in [0.3, 0.4) is 0 Å². The van der Waals surface area contributed by atoms with E-state index in [9.17, 15) is 14.4 Å². The molecule has 27 heavy (non-hydrogen) atoms. The van der Waals surface area contributed by atoms with Crippen LogP contribution < -0.4 is 19.6 Å². The zero-order chi connectivity index (χ0) is 19.6. The Balaban J connectivity index is 2.35. The van der Waals surface area contributed by atoms with Gasteiger partial charge in [0.05, 0.1) is 7.11 Å². The fourth-order valence-corrected chi connectivity index (χ4v) is 2.66. The van der Waals surface area contributed by atoms with E-state index in [1.165, 1.54) is 33.1 Å². The topological polar surface area (TPSA) is 92.0 Å². The fourth-order valence-electron chi connectivity index (χ4n) is 2.66. The summed E-state index contributed by atoms with van der Waals surface area (Å²) < 4.78 is 21.4. The van der Waals surface area contributed by atoms with Crippen molar-refractivity contribution in [2.45, 2.75) is 13.8 Å². The molecule has 0 radical (unpaired) electrons. The molecule has 1 aromatic heterocycles. The molecular weight excluding hydrogens is 352 g/mol. The van der Waals surface area contributed by atoms with Gasteiger partial charge in [-0.3, -0.25) is 14.4 Å². The predicted molar refractivity (Wildman–Crippen MR) is 97.1 cm³/mol. The third-order valence-electron chi connectivity index (χ3n) is 3.66. The predicted octanol–water partition coefficient (Wildman–Crippen LogP) is 3.32. The number of ether oxygens (including phenoxy) is 3. The third-order valence-corrected chi connectivity index (χ3v) is 3.66. The molecule has 0 unspecified atom stereocenters. The minimum absolute atomic E-state index is 0.0117. The number of fused-ring (bicyclic) bond motifs is 1.